The summed E-state index contributed by atoms with van der Waals surface area (Å²) in [6.45, 7) is 7.10. The van der Waals surface area contributed by atoms with Gasteiger partial charge in [-0.2, -0.15) is 0 Å². The summed E-state index contributed by atoms with van der Waals surface area (Å²) in [6.07, 6.45) is 4.64. The highest BCUT2D eigenvalue weighted by Gasteiger charge is 2.28. The lowest BCUT2D eigenvalue weighted by Gasteiger charge is -2.15. The van der Waals surface area contributed by atoms with Gasteiger partial charge in [0.15, 0.2) is 5.92 Å². The van der Waals surface area contributed by atoms with Gasteiger partial charge in [0.2, 0.25) is 0 Å². The number of rotatable bonds is 8. The fourth-order valence-corrected chi connectivity index (χ4v) is 1.40. The van der Waals surface area contributed by atoms with E-state index in [1.807, 2.05) is 0 Å². The average molecular weight is 212 g/mol. The zero-order valence-corrected chi connectivity index (χ0v) is 8.56. The van der Waals surface area contributed by atoms with Crippen LogP contribution in [0.3, 0.4) is 0 Å². The molecule has 0 bridgehead atoms. The van der Waals surface area contributed by atoms with E-state index in [0.29, 0.717) is 12.8 Å². The highest BCUT2D eigenvalue weighted by molar-refractivity contribution is 5.92. The van der Waals surface area contributed by atoms with Gasteiger partial charge in [-0.1, -0.05) is 12.2 Å². The molecule has 4 heteroatoms. The first kappa shape index (κ1) is 13.4. The number of carboxylic acids is 2. The summed E-state index contributed by atoms with van der Waals surface area (Å²) in [4.78, 5) is 21.3. The molecule has 0 saturated heterocycles. The van der Waals surface area contributed by atoms with Crippen molar-refractivity contribution in [2.75, 3.05) is 0 Å². The Balaban J connectivity index is 4.44. The minimum absolute atomic E-state index is 0.0165. The first-order valence-electron chi connectivity index (χ1n) is 4.70. The van der Waals surface area contributed by atoms with Crippen molar-refractivity contribution >= 4 is 11.9 Å². The van der Waals surface area contributed by atoms with E-state index in [2.05, 4.69) is 13.2 Å². The Bertz CT molecular complexity index is 233. The van der Waals surface area contributed by atoms with Gasteiger partial charge in [-0.3, -0.25) is 9.59 Å². The maximum atomic E-state index is 10.7. The molecule has 0 unspecified atom stereocenters. The van der Waals surface area contributed by atoms with Gasteiger partial charge in [0, 0.05) is 0 Å². The molecule has 0 saturated carbocycles. The molecule has 0 fully saturated rings. The highest BCUT2D eigenvalue weighted by atomic mass is 16.4. The van der Waals surface area contributed by atoms with Crippen LogP contribution in [-0.2, 0) is 9.59 Å². The zero-order valence-electron chi connectivity index (χ0n) is 8.56. The standard InChI is InChI=1S/C11H16O4/c1-3-5-8(6-4-2)7-9(10(12)13)11(14)15/h3-4,8-9H,1-2,5-7H2,(H,12,13)(H,14,15). The summed E-state index contributed by atoms with van der Waals surface area (Å²) in [5, 5.41) is 17.4. The van der Waals surface area contributed by atoms with Gasteiger partial charge in [0.25, 0.3) is 0 Å². The van der Waals surface area contributed by atoms with E-state index in [9.17, 15) is 9.59 Å². The lowest BCUT2D eigenvalue weighted by molar-refractivity contribution is -0.155. The number of aliphatic carboxylic acids is 2. The third-order valence-corrected chi connectivity index (χ3v) is 2.17. The Kier molecular flexibility index (Phi) is 6.09. The van der Waals surface area contributed by atoms with Crippen LogP contribution < -0.4 is 0 Å². The van der Waals surface area contributed by atoms with Crippen LogP contribution in [-0.4, -0.2) is 22.2 Å². The molecule has 0 radical (unpaired) electrons. The molecule has 4 nitrogen and oxygen atoms in total. The van der Waals surface area contributed by atoms with E-state index in [-0.39, 0.29) is 12.3 Å². The second-order valence-corrected chi connectivity index (χ2v) is 3.38. The molecule has 84 valence electrons. The third-order valence-electron chi connectivity index (χ3n) is 2.17. The molecule has 2 N–H and O–H groups in total. The molecule has 0 heterocycles. The van der Waals surface area contributed by atoms with Gasteiger partial charge in [0.1, 0.15) is 0 Å². The van der Waals surface area contributed by atoms with E-state index in [0.717, 1.165) is 0 Å². The number of carboxylic acid groups (broad SMARTS) is 2. The van der Waals surface area contributed by atoms with Crippen LogP contribution in [0, 0.1) is 11.8 Å². The van der Waals surface area contributed by atoms with Crippen LogP contribution in [0.25, 0.3) is 0 Å². The minimum Gasteiger partial charge on any atom is -0.481 e. The number of hydrogen-bond acceptors (Lipinski definition) is 2. The lowest BCUT2D eigenvalue weighted by Crippen LogP contribution is -2.25. The fourth-order valence-electron chi connectivity index (χ4n) is 1.40. The van der Waals surface area contributed by atoms with E-state index < -0.39 is 17.9 Å². The largest absolute Gasteiger partial charge is 0.481 e. The molecule has 0 atom stereocenters. The van der Waals surface area contributed by atoms with Crippen molar-refractivity contribution in [1.82, 2.24) is 0 Å². The SMILES string of the molecule is C=CCC(CC=C)CC(C(=O)O)C(=O)O. The summed E-state index contributed by atoms with van der Waals surface area (Å²) in [7, 11) is 0. The Morgan fingerprint density at radius 2 is 1.47 bits per heavy atom. The molecule has 0 aliphatic rings. The van der Waals surface area contributed by atoms with E-state index in [1.54, 1.807) is 12.2 Å². The van der Waals surface area contributed by atoms with Gasteiger partial charge >= 0.3 is 11.9 Å². The summed E-state index contributed by atoms with van der Waals surface area (Å²) >= 11 is 0. The molecule has 0 aliphatic heterocycles. The highest BCUT2D eigenvalue weighted by Crippen LogP contribution is 2.20. The maximum absolute atomic E-state index is 10.7. The van der Waals surface area contributed by atoms with E-state index in [1.165, 1.54) is 0 Å². The third kappa shape index (κ3) is 5.00. The van der Waals surface area contributed by atoms with Crippen molar-refractivity contribution in [3.05, 3.63) is 25.3 Å². The second-order valence-electron chi connectivity index (χ2n) is 3.38. The Hall–Kier alpha value is -1.58. The van der Waals surface area contributed by atoms with Crippen molar-refractivity contribution in [3.63, 3.8) is 0 Å². The molecule has 0 aromatic rings. The summed E-state index contributed by atoms with van der Waals surface area (Å²) in [6, 6.07) is 0. The number of carbonyl (C=O) groups is 2. The maximum Gasteiger partial charge on any atom is 0.317 e. The normalized spacial score (nSPS) is 10.3. The zero-order chi connectivity index (χ0) is 11.8. The minimum atomic E-state index is -1.34. The van der Waals surface area contributed by atoms with Crippen molar-refractivity contribution in [1.29, 1.82) is 0 Å². The van der Waals surface area contributed by atoms with Crippen LogP contribution in [0.2, 0.25) is 0 Å². The van der Waals surface area contributed by atoms with Gasteiger partial charge in [-0.05, 0) is 25.2 Å². The quantitative estimate of drug-likeness (QED) is 0.476. The molecule has 0 amide bonds. The smallest absolute Gasteiger partial charge is 0.317 e. The topological polar surface area (TPSA) is 74.6 Å². The number of allylic oxidation sites excluding steroid dienone is 2. The van der Waals surface area contributed by atoms with Crippen LogP contribution in [0.15, 0.2) is 25.3 Å². The molecule has 0 aromatic heterocycles. The average Bonchev–Trinajstić information content (AvgIpc) is 2.13. The Labute approximate surface area is 88.9 Å². The summed E-state index contributed by atoms with van der Waals surface area (Å²) in [5.74, 6) is -3.94. The fraction of sp³-hybridized carbons (Fsp3) is 0.455. The molecule has 15 heavy (non-hydrogen) atoms. The molecule has 0 aliphatic carbocycles. The summed E-state index contributed by atoms with van der Waals surface area (Å²) < 4.78 is 0. The summed E-state index contributed by atoms with van der Waals surface area (Å²) in [5.41, 5.74) is 0. The Morgan fingerprint density at radius 3 is 1.73 bits per heavy atom. The molecule has 0 spiro atoms. The predicted molar refractivity (Wildman–Crippen MR) is 56.5 cm³/mol. The lowest BCUT2D eigenvalue weighted by atomic mass is 9.89. The van der Waals surface area contributed by atoms with Crippen molar-refractivity contribution in [2.45, 2.75) is 19.3 Å². The Morgan fingerprint density at radius 1 is 1.07 bits per heavy atom. The first-order valence-corrected chi connectivity index (χ1v) is 4.70. The van der Waals surface area contributed by atoms with Gasteiger partial charge < -0.3 is 10.2 Å². The van der Waals surface area contributed by atoms with Gasteiger partial charge in [0.05, 0.1) is 0 Å². The van der Waals surface area contributed by atoms with Crippen molar-refractivity contribution in [3.8, 4) is 0 Å². The van der Waals surface area contributed by atoms with Crippen LogP contribution in [0.5, 0.6) is 0 Å². The van der Waals surface area contributed by atoms with Gasteiger partial charge in [-0.15, -0.1) is 13.2 Å². The molecule has 0 aromatic carbocycles. The van der Waals surface area contributed by atoms with E-state index >= 15 is 0 Å². The van der Waals surface area contributed by atoms with Gasteiger partial charge in [-0.25, -0.2) is 0 Å². The van der Waals surface area contributed by atoms with Crippen molar-refractivity contribution in [2.24, 2.45) is 11.8 Å². The van der Waals surface area contributed by atoms with Crippen LogP contribution in [0.1, 0.15) is 19.3 Å². The first-order chi connectivity index (χ1) is 7.02. The molecular formula is C11H16O4. The molecular weight excluding hydrogens is 196 g/mol. The number of hydrogen-bond donors (Lipinski definition) is 2. The van der Waals surface area contributed by atoms with Crippen LogP contribution >= 0.6 is 0 Å². The predicted octanol–water partition coefficient (Wildman–Crippen LogP) is 1.93. The van der Waals surface area contributed by atoms with E-state index in [4.69, 9.17) is 10.2 Å². The second kappa shape index (κ2) is 6.81. The van der Waals surface area contributed by atoms with Crippen molar-refractivity contribution < 1.29 is 19.8 Å². The van der Waals surface area contributed by atoms with Crippen LogP contribution in [0.4, 0.5) is 0 Å². The monoisotopic (exact) mass is 212 g/mol. The molecule has 0 rings (SSSR count).